The molecular formula is C8H19NO3S. The summed E-state index contributed by atoms with van der Waals surface area (Å²) in [6.07, 6.45) is 0.697. The highest BCUT2D eigenvalue weighted by atomic mass is 32.2. The molecule has 0 rings (SSSR count). The Bertz CT molecular complexity index is 213. The van der Waals surface area contributed by atoms with Crippen LogP contribution >= 0.6 is 0 Å². The third-order valence-corrected chi connectivity index (χ3v) is 3.61. The van der Waals surface area contributed by atoms with E-state index in [0.29, 0.717) is 13.0 Å². The summed E-state index contributed by atoms with van der Waals surface area (Å²) in [5.41, 5.74) is 0. The molecule has 0 aliphatic carbocycles. The predicted octanol–water partition coefficient (Wildman–Crippen LogP) is -0.265. The Morgan fingerprint density at radius 3 is 2.38 bits per heavy atom. The number of aliphatic hydroxyl groups excluding tert-OH is 1. The van der Waals surface area contributed by atoms with E-state index in [2.05, 4.69) is 0 Å². The van der Waals surface area contributed by atoms with Crippen molar-refractivity contribution in [3.8, 4) is 0 Å². The lowest BCUT2D eigenvalue weighted by Gasteiger charge is -2.15. The van der Waals surface area contributed by atoms with Crippen molar-refractivity contribution in [1.29, 1.82) is 0 Å². The monoisotopic (exact) mass is 209 g/mol. The first-order chi connectivity index (χ1) is 6.02. The summed E-state index contributed by atoms with van der Waals surface area (Å²) in [6.45, 7) is 3.11. The molecule has 0 aromatic heterocycles. The van der Waals surface area contributed by atoms with Crippen molar-refractivity contribution in [2.24, 2.45) is 0 Å². The van der Waals surface area contributed by atoms with Crippen LogP contribution in [0.5, 0.6) is 0 Å². The predicted molar refractivity (Wildman–Crippen MR) is 53.5 cm³/mol. The van der Waals surface area contributed by atoms with Crippen LogP contribution < -0.4 is 0 Å². The van der Waals surface area contributed by atoms with E-state index in [1.54, 1.807) is 6.92 Å². The van der Waals surface area contributed by atoms with E-state index in [0.717, 1.165) is 6.54 Å². The second-order valence-corrected chi connectivity index (χ2v) is 5.59. The van der Waals surface area contributed by atoms with Gasteiger partial charge in [-0.2, -0.15) is 0 Å². The maximum atomic E-state index is 11.1. The van der Waals surface area contributed by atoms with Gasteiger partial charge in [-0.05, 0) is 13.5 Å². The zero-order chi connectivity index (χ0) is 10.3. The van der Waals surface area contributed by atoms with E-state index in [-0.39, 0.29) is 18.1 Å². The molecule has 0 aliphatic rings. The molecular weight excluding hydrogens is 190 g/mol. The molecule has 0 spiro atoms. The first-order valence-corrected chi connectivity index (χ1v) is 6.34. The van der Waals surface area contributed by atoms with Crippen LogP contribution in [0.1, 0.15) is 13.3 Å². The number of hydrogen-bond donors (Lipinski definition) is 1. The number of hydrogen-bond acceptors (Lipinski definition) is 4. The van der Waals surface area contributed by atoms with Gasteiger partial charge < -0.3 is 10.0 Å². The summed E-state index contributed by atoms with van der Waals surface area (Å²) in [6, 6.07) is 0. The first-order valence-electron chi connectivity index (χ1n) is 4.51. The second-order valence-electron chi connectivity index (χ2n) is 3.12. The fourth-order valence-corrected chi connectivity index (χ4v) is 1.77. The molecule has 0 aromatic rings. The summed E-state index contributed by atoms with van der Waals surface area (Å²) in [7, 11) is -0.982. The minimum Gasteiger partial charge on any atom is -0.396 e. The normalized spacial score (nSPS) is 12.3. The van der Waals surface area contributed by atoms with Crippen molar-refractivity contribution in [3.63, 3.8) is 0 Å². The third-order valence-electron chi connectivity index (χ3n) is 1.92. The van der Waals surface area contributed by atoms with Crippen molar-refractivity contribution in [3.05, 3.63) is 0 Å². The summed E-state index contributed by atoms with van der Waals surface area (Å²) in [4.78, 5) is 1.92. The van der Waals surface area contributed by atoms with Gasteiger partial charge in [0, 0.05) is 25.4 Å². The zero-order valence-electron chi connectivity index (χ0n) is 8.36. The van der Waals surface area contributed by atoms with Gasteiger partial charge in [0.15, 0.2) is 9.84 Å². The Morgan fingerprint density at radius 1 is 1.31 bits per heavy atom. The lowest BCUT2D eigenvalue weighted by molar-refractivity contribution is 0.252. The van der Waals surface area contributed by atoms with Crippen LogP contribution in [-0.4, -0.2) is 56.7 Å². The number of nitrogens with zero attached hydrogens (tertiary/aromatic N) is 1. The summed E-state index contributed by atoms with van der Waals surface area (Å²) in [5.74, 6) is 0.423. The van der Waals surface area contributed by atoms with Crippen molar-refractivity contribution in [1.82, 2.24) is 4.90 Å². The molecule has 13 heavy (non-hydrogen) atoms. The largest absolute Gasteiger partial charge is 0.396 e. The summed E-state index contributed by atoms with van der Waals surface area (Å²) < 4.78 is 22.2. The molecule has 0 unspecified atom stereocenters. The molecule has 5 heteroatoms. The minimum atomic E-state index is -2.84. The van der Waals surface area contributed by atoms with Crippen LogP contribution in [-0.2, 0) is 9.84 Å². The van der Waals surface area contributed by atoms with Crippen LogP contribution in [0.25, 0.3) is 0 Å². The Morgan fingerprint density at radius 2 is 1.92 bits per heavy atom. The van der Waals surface area contributed by atoms with Gasteiger partial charge >= 0.3 is 0 Å². The van der Waals surface area contributed by atoms with Crippen molar-refractivity contribution >= 4 is 9.84 Å². The smallest absolute Gasteiger partial charge is 0.151 e. The van der Waals surface area contributed by atoms with E-state index >= 15 is 0 Å². The molecule has 0 saturated carbocycles. The van der Waals surface area contributed by atoms with Gasteiger partial charge in [0.05, 0.1) is 5.75 Å². The van der Waals surface area contributed by atoms with Crippen LogP contribution in [0.3, 0.4) is 0 Å². The summed E-state index contributed by atoms with van der Waals surface area (Å²) in [5, 5.41) is 8.54. The minimum absolute atomic E-state index is 0.158. The van der Waals surface area contributed by atoms with Crippen LogP contribution in [0, 0.1) is 0 Å². The zero-order valence-corrected chi connectivity index (χ0v) is 9.18. The summed E-state index contributed by atoms with van der Waals surface area (Å²) >= 11 is 0. The maximum absolute atomic E-state index is 11.1. The Balaban J connectivity index is 3.63. The molecule has 0 bridgehead atoms. The van der Waals surface area contributed by atoms with Gasteiger partial charge in [0.2, 0.25) is 0 Å². The SMILES string of the molecule is CCS(=O)(=O)CCN(C)CCCO. The van der Waals surface area contributed by atoms with Gasteiger partial charge in [-0.25, -0.2) is 8.42 Å². The van der Waals surface area contributed by atoms with Crippen molar-refractivity contribution in [2.45, 2.75) is 13.3 Å². The highest BCUT2D eigenvalue weighted by Gasteiger charge is 2.08. The van der Waals surface area contributed by atoms with E-state index < -0.39 is 9.84 Å². The molecule has 80 valence electrons. The van der Waals surface area contributed by atoms with Crippen molar-refractivity contribution < 1.29 is 13.5 Å². The number of aliphatic hydroxyl groups is 1. The molecule has 0 amide bonds. The molecule has 1 N–H and O–H groups in total. The number of sulfone groups is 1. The standard InChI is InChI=1S/C8H19NO3S/c1-3-13(11,12)8-6-9(2)5-4-7-10/h10H,3-8H2,1-2H3. The van der Waals surface area contributed by atoms with Gasteiger partial charge in [-0.15, -0.1) is 0 Å². The van der Waals surface area contributed by atoms with Crippen LogP contribution in [0.4, 0.5) is 0 Å². The Hall–Kier alpha value is -0.130. The average Bonchev–Trinajstić information content (AvgIpc) is 2.11. The first kappa shape index (κ1) is 12.9. The molecule has 0 heterocycles. The second kappa shape index (κ2) is 6.34. The Kier molecular flexibility index (Phi) is 6.28. The van der Waals surface area contributed by atoms with E-state index in [4.69, 9.17) is 5.11 Å². The molecule has 4 nitrogen and oxygen atoms in total. The van der Waals surface area contributed by atoms with Crippen LogP contribution in [0.2, 0.25) is 0 Å². The fourth-order valence-electron chi connectivity index (χ4n) is 0.892. The highest BCUT2D eigenvalue weighted by molar-refractivity contribution is 7.91. The van der Waals surface area contributed by atoms with E-state index in [9.17, 15) is 8.42 Å². The maximum Gasteiger partial charge on any atom is 0.151 e. The van der Waals surface area contributed by atoms with E-state index in [1.807, 2.05) is 11.9 Å². The fraction of sp³-hybridized carbons (Fsp3) is 1.00. The molecule has 0 aromatic carbocycles. The molecule has 0 radical (unpaired) electrons. The molecule has 0 fully saturated rings. The van der Waals surface area contributed by atoms with Gasteiger partial charge in [-0.3, -0.25) is 0 Å². The quantitative estimate of drug-likeness (QED) is 0.627. The average molecular weight is 209 g/mol. The van der Waals surface area contributed by atoms with E-state index in [1.165, 1.54) is 0 Å². The van der Waals surface area contributed by atoms with Gasteiger partial charge in [0.25, 0.3) is 0 Å². The Labute approximate surface area is 80.5 Å². The van der Waals surface area contributed by atoms with Gasteiger partial charge in [0.1, 0.15) is 0 Å². The lowest BCUT2D eigenvalue weighted by atomic mass is 10.4. The topological polar surface area (TPSA) is 57.6 Å². The molecule has 0 aliphatic heterocycles. The lowest BCUT2D eigenvalue weighted by Crippen LogP contribution is -2.27. The van der Waals surface area contributed by atoms with Crippen molar-refractivity contribution in [2.75, 3.05) is 38.2 Å². The molecule has 0 saturated heterocycles. The number of rotatable bonds is 7. The highest BCUT2D eigenvalue weighted by Crippen LogP contribution is 1.92. The van der Waals surface area contributed by atoms with Crippen LogP contribution in [0.15, 0.2) is 0 Å². The third kappa shape index (κ3) is 6.98. The molecule has 0 atom stereocenters. The van der Waals surface area contributed by atoms with Gasteiger partial charge in [-0.1, -0.05) is 6.92 Å².